The van der Waals surface area contributed by atoms with Gasteiger partial charge in [0.1, 0.15) is 0 Å². The van der Waals surface area contributed by atoms with Gasteiger partial charge in [0.05, 0.1) is 26.6 Å². The van der Waals surface area contributed by atoms with Crippen molar-refractivity contribution in [3.8, 4) is 0 Å². The molecule has 1 heterocycles. The summed E-state index contributed by atoms with van der Waals surface area (Å²) in [6.07, 6.45) is 2.72. The van der Waals surface area contributed by atoms with Crippen molar-refractivity contribution in [1.29, 1.82) is 0 Å². The molecule has 1 N–H and O–H groups in total. The van der Waals surface area contributed by atoms with Crippen molar-refractivity contribution < 1.29 is 14.5 Å². The lowest BCUT2D eigenvalue weighted by atomic mass is 9.73. The summed E-state index contributed by atoms with van der Waals surface area (Å²) in [6.45, 7) is 5.63. The van der Waals surface area contributed by atoms with E-state index in [1.54, 1.807) is 0 Å². The van der Waals surface area contributed by atoms with Crippen LogP contribution in [0.4, 0.5) is 0 Å². The van der Waals surface area contributed by atoms with Gasteiger partial charge in [-0.15, -0.1) is 0 Å². The van der Waals surface area contributed by atoms with E-state index in [9.17, 15) is 9.59 Å². The Morgan fingerprint density at radius 3 is 2.03 bits per heavy atom. The van der Waals surface area contributed by atoms with E-state index in [0.717, 1.165) is 31.4 Å². The number of amides is 2. The van der Waals surface area contributed by atoms with Crippen LogP contribution in [0.5, 0.6) is 0 Å². The molecule has 0 bridgehead atoms. The van der Waals surface area contributed by atoms with Crippen molar-refractivity contribution in [2.45, 2.75) is 44.9 Å². The molecule has 0 spiro atoms. The van der Waals surface area contributed by atoms with Gasteiger partial charge >= 0.3 is 0 Å². The van der Waals surface area contributed by atoms with Gasteiger partial charge in [-0.25, -0.2) is 0 Å². The van der Waals surface area contributed by atoms with Gasteiger partial charge in [0.15, 0.2) is 0 Å². The number of nitrogens with zero attached hydrogens (tertiary/aromatic N) is 1. The molecule has 1 saturated heterocycles. The summed E-state index contributed by atoms with van der Waals surface area (Å²) in [5.74, 6) is -0.173. The monoisotopic (exact) mass is 421 g/mol. The second-order valence-electron chi connectivity index (χ2n) is 9.22. The van der Waals surface area contributed by atoms with E-state index in [4.69, 9.17) is 0 Å². The van der Waals surface area contributed by atoms with E-state index in [1.807, 2.05) is 31.2 Å². The number of quaternary nitrogens is 1. The summed E-state index contributed by atoms with van der Waals surface area (Å²) in [5.41, 5.74) is 2.47. The van der Waals surface area contributed by atoms with Gasteiger partial charge in [0, 0.05) is 18.9 Å². The number of likely N-dealkylation sites (tertiary alicyclic amines) is 1. The zero-order valence-electron chi connectivity index (χ0n) is 19.4. The van der Waals surface area contributed by atoms with Crippen LogP contribution in [0.15, 0.2) is 60.7 Å². The summed E-state index contributed by atoms with van der Waals surface area (Å²) in [4.78, 5) is 29.5. The molecule has 31 heavy (non-hydrogen) atoms. The molecule has 0 saturated carbocycles. The van der Waals surface area contributed by atoms with Gasteiger partial charge in [-0.2, -0.15) is 0 Å². The number of benzene rings is 2. The third-order valence-corrected chi connectivity index (χ3v) is 6.77. The maximum Gasteiger partial charge on any atom is 0.233 e. The first-order valence-electron chi connectivity index (χ1n) is 11.7. The van der Waals surface area contributed by atoms with Crippen molar-refractivity contribution in [1.82, 2.24) is 4.90 Å². The first kappa shape index (κ1) is 23.2. The molecule has 3 rings (SSSR count). The van der Waals surface area contributed by atoms with E-state index in [0.29, 0.717) is 12.5 Å². The SMILES string of the molecule is CCC(CC(c1ccccc1)C1C(=O)N(CCC[NH+](C)C)C(=O)C1C)c1ccccc1. The molecule has 0 aliphatic carbocycles. The molecule has 1 fully saturated rings. The molecule has 166 valence electrons. The molecule has 0 radical (unpaired) electrons. The smallest absolute Gasteiger partial charge is 0.233 e. The van der Waals surface area contributed by atoms with Gasteiger partial charge in [-0.1, -0.05) is 74.5 Å². The predicted molar refractivity (Wildman–Crippen MR) is 125 cm³/mol. The first-order chi connectivity index (χ1) is 14.9. The Kier molecular flexibility index (Phi) is 8.03. The van der Waals surface area contributed by atoms with Crippen LogP contribution in [0.1, 0.15) is 56.1 Å². The first-order valence-corrected chi connectivity index (χ1v) is 11.7. The Hall–Kier alpha value is -2.46. The molecule has 2 aromatic carbocycles. The molecule has 2 aromatic rings. The lowest BCUT2D eigenvalue weighted by molar-refractivity contribution is -0.858. The van der Waals surface area contributed by atoms with Gasteiger partial charge in [-0.3, -0.25) is 14.5 Å². The molecule has 1 aliphatic heterocycles. The van der Waals surface area contributed by atoms with Crippen LogP contribution in [0.25, 0.3) is 0 Å². The zero-order chi connectivity index (χ0) is 22.4. The summed E-state index contributed by atoms with van der Waals surface area (Å²) in [7, 11) is 4.19. The van der Waals surface area contributed by atoms with Crippen LogP contribution < -0.4 is 4.90 Å². The minimum absolute atomic E-state index is 0.00236. The highest BCUT2D eigenvalue weighted by Crippen LogP contribution is 2.43. The fraction of sp³-hybridized carbons (Fsp3) is 0.481. The average Bonchev–Trinajstić information content (AvgIpc) is 2.99. The van der Waals surface area contributed by atoms with Crippen LogP contribution in [0.2, 0.25) is 0 Å². The number of nitrogens with one attached hydrogen (secondary N) is 1. The van der Waals surface area contributed by atoms with Crippen LogP contribution in [0.3, 0.4) is 0 Å². The van der Waals surface area contributed by atoms with Crippen molar-refractivity contribution in [2.24, 2.45) is 11.8 Å². The van der Waals surface area contributed by atoms with E-state index in [1.165, 1.54) is 15.4 Å². The van der Waals surface area contributed by atoms with Gasteiger partial charge < -0.3 is 4.90 Å². The minimum atomic E-state index is -0.292. The van der Waals surface area contributed by atoms with Crippen LogP contribution in [-0.2, 0) is 9.59 Å². The maximum atomic E-state index is 13.5. The summed E-state index contributed by atoms with van der Waals surface area (Å²) < 4.78 is 0. The Balaban J connectivity index is 1.88. The summed E-state index contributed by atoms with van der Waals surface area (Å²) >= 11 is 0. The normalized spacial score (nSPS) is 21.0. The van der Waals surface area contributed by atoms with E-state index in [-0.39, 0.29) is 29.6 Å². The largest absolute Gasteiger partial charge is 0.340 e. The topological polar surface area (TPSA) is 41.8 Å². The van der Waals surface area contributed by atoms with Crippen molar-refractivity contribution >= 4 is 11.8 Å². The lowest BCUT2D eigenvalue weighted by Gasteiger charge is -2.29. The number of hydrogen-bond donors (Lipinski definition) is 1. The highest BCUT2D eigenvalue weighted by atomic mass is 16.2. The fourth-order valence-corrected chi connectivity index (χ4v) is 4.99. The van der Waals surface area contributed by atoms with E-state index in [2.05, 4.69) is 57.4 Å². The van der Waals surface area contributed by atoms with Crippen LogP contribution in [-0.4, -0.2) is 43.9 Å². The quantitative estimate of drug-likeness (QED) is 0.597. The van der Waals surface area contributed by atoms with Crippen molar-refractivity contribution in [3.05, 3.63) is 71.8 Å². The Morgan fingerprint density at radius 1 is 0.903 bits per heavy atom. The van der Waals surface area contributed by atoms with Crippen molar-refractivity contribution in [3.63, 3.8) is 0 Å². The standard InChI is InChI=1S/C27H36N2O2/c1-5-21(22-13-8-6-9-14-22)19-24(23-15-10-7-11-16-23)25-20(2)26(30)29(27(25)31)18-12-17-28(3)4/h6-11,13-16,20-21,24-25H,5,12,17-19H2,1-4H3/p+1. The predicted octanol–water partition coefficient (Wildman–Crippen LogP) is 3.51. The molecular formula is C27H37N2O2+. The van der Waals surface area contributed by atoms with Crippen molar-refractivity contribution in [2.75, 3.05) is 27.2 Å². The number of rotatable bonds is 10. The fourth-order valence-electron chi connectivity index (χ4n) is 4.99. The van der Waals surface area contributed by atoms with Crippen LogP contribution >= 0.6 is 0 Å². The number of imide groups is 1. The van der Waals surface area contributed by atoms with Gasteiger partial charge in [0.25, 0.3) is 0 Å². The molecule has 4 unspecified atom stereocenters. The Morgan fingerprint density at radius 2 is 1.48 bits per heavy atom. The third kappa shape index (κ3) is 5.43. The average molecular weight is 422 g/mol. The highest BCUT2D eigenvalue weighted by Gasteiger charge is 2.48. The van der Waals surface area contributed by atoms with Crippen LogP contribution in [0, 0.1) is 11.8 Å². The van der Waals surface area contributed by atoms with E-state index >= 15 is 0 Å². The number of carbonyl (C=O) groups is 2. The Labute approximate surface area is 187 Å². The third-order valence-electron chi connectivity index (χ3n) is 6.77. The van der Waals surface area contributed by atoms with E-state index < -0.39 is 0 Å². The zero-order valence-corrected chi connectivity index (χ0v) is 19.4. The molecule has 4 heteroatoms. The number of hydrogen-bond acceptors (Lipinski definition) is 2. The second-order valence-corrected chi connectivity index (χ2v) is 9.22. The second kappa shape index (κ2) is 10.7. The highest BCUT2D eigenvalue weighted by molar-refractivity contribution is 6.05. The molecular weight excluding hydrogens is 384 g/mol. The molecule has 4 atom stereocenters. The Bertz CT molecular complexity index is 850. The molecule has 0 aromatic heterocycles. The maximum absolute atomic E-state index is 13.5. The molecule has 4 nitrogen and oxygen atoms in total. The lowest BCUT2D eigenvalue weighted by Crippen LogP contribution is -3.05. The molecule has 1 aliphatic rings. The molecule has 2 amide bonds. The van der Waals surface area contributed by atoms with Gasteiger partial charge in [-0.05, 0) is 35.8 Å². The van der Waals surface area contributed by atoms with Gasteiger partial charge in [0.2, 0.25) is 11.8 Å². The summed E-state index contributed by atoms with van der Waals surface area (Å²) in [6, 6.07) is 20.9. The number of carbonyl (C=O) groups excluding carboxylic acids is 2. The summed E-state index contributed by atoms with van der Waals surface area (Å²) in [5, 5.41) is 0. The minimum Gasteiger partial charge on any atom is -0.340 e.